The third-order valence-electron chi connectivity index (χ3n) is 2.45. The van der Waals surface area contributed by atoms with Gasteiger partial charge in [0.1, 0.15) is 6.04 Å². The number of amides is 1. The summed E-state index contributed by atoms with van der Waals surface area (Å²) in [5, 5.41) is 11.5. The SMILES string of the molecule is C#CCCCCC(=O)NC(CCCOC)C(=O)O. The van der Waals surface area contributed by atoms with E-state index in [4.69, 9.17) is 16.3 Å². The fourth-order valence-corrected chi connectivity index (χ4v) is 1.47. The van der Waals surface area contributed by atoms with Crippen LogP contribution in [-0.4, -0.2) is 36.7 Å². The molecule has 0 aromatic heterocycles. The molecule has 1 amide bonds. The van der Waals surface area contributed by atoms with Crippen LogP contribution in [0.25, 0.3) is 0 Å². The van der Waals surface area contributed by atoms with Crippen molar-refractivity contribution in [3.8, 4) is 12.3 Å². The molecule has 0 saturated heterocycles. The molecule has 0 heterocycles. The highest BCUT2D eigenvalue weighted by atomic mass is 16.5. The van der Waals surface area contributed by atoms with Crippen molar-refractivity contribution in [3.05, 3.63) is 0 Å². The van der Waals surface area contributed by atoms with Gasteiger partial charge in [0, 0.05) is 26.6 Å². The highest BCUT2D eigenvalue weighted by Crippen LogP contribution is 2.02. The van der Waals surface area contributed by atoms with E-state index in [1.807, 2.05) is 0 Å². The zero-order chi connectivity index (χ0) is 13.8. The average Bonchev–Trinajstić information content (AvgIpc) is 2.33. The van der Waals surface area contributed by atoms with Crippen LogP contribution in [0.5, 0.6) is 0 Å². The van der Waals surface area contributed by atoms with Gasteiger partial charge in [-0.3, -0.25) is 4.79 Å². The first-order valence-electron chi connectivity index (χ1n) is 6.06. The molecular formula is C13H21NO4. The van der Waals surface area contributed by atoms with Crippen LogP contribution < -0.4 is 5.32 Å². The normalized spacial score (nSPS) is 11.6. The fraction of sp³-hybridized carbons (Fsp3) is 0.692. The van der Waals surface area contributed by atoms with Gasteiger partial charge in [-0.15, -0.1) is 12.3 Å². The van der Waals surface area contributed by atoms with E-state index in [1.54, 1.807) is 7.11 Å². The van der Waals surface area contributed by atoms with Gasteiger partial charge < -0.3 is 15.2 Å². The van der Waals surface area contributed by atoms with Crippen molar-refractivity contribution < 1.29 is 19.4 Å². The molecule has 0 aliphatic heterocycles. The number of nitrogens with one attached hydrogen (secondary N) is 1. The Bertz CT molecular complexity index is 296. The molecule has 0 saturated carbocycles. The molecule has 0 rings (SSSR count). The van der Waals surface area contributed by atoms with E-state index in [2.05, 4.69) is 11.2 Å². The van der Waals surface area contributed by atoms with Gasteiger partial charge >= 0.3 is 5.97 Å². The van der Waals surface area contributed by atoms with Crippen LogP contribution in [0.15, 0.2) is 0 Å². The van der Waals surface area contributed by atoms with Gasteiger partial charge in [0.15, 0.2) is 0 Å². The minimum absolute atomic E-state index is 0.239. The van der Waals surface area contributed by atoms with Crippen molar-refractivity contribution >= 4 is 11.9 Å². The third kappa shape index (κ3) is 8.59. The minimum Gasteiger partial charge on any atom is -0.480 e. The van der Waals surface area contributed by atoms with Crippen LogP contribution >= 0.6 is 0 Å². The standard InChI is InChI=1S/C13H21NO4/c1-3-4-5-6-9-12(15)14-11(13(16)17)8-7-10-18-2/h1,11H,4-10H2,2H3,(H,14,15)(H,16,17). The summed E-state index contributed by atoms with van der Waals surface area (Å²) in [5.74, 6) is 1.24. The quantitative estimate of drug-likeness (QED) is 0.454. The van der Waals surface area contributed by atoms with E-state index in [0.717, 1.165) is 6.42 Å². The molecule has 0 aliphatic carbocycles. The molecule has 2 N–H and O–H groups in total. The van der Waals surface area contributed by atoms with Crippen molar-refractivity contribution in [1.82, 2.24) is 5.32 Å². The molecular weight excluding hydrogens is 234 g/mol. The number of aliphatic carboxylic acids is 1. The Kier molecular flexibility index (Phi) is 9.70. The molecule has 1 atom stereocenters. The second-order valence-electron chi connectivity index (χ2n) is 4.00. The van der Waals surface area contributed by atoms with E-state index in [9.17, 15) is 9.59 Å². The largest absolute Gasteiger partial charge is 0.480 e. The van der Waals surface area contributed by atoms with Crippen LogP contribution in [0.3, 0.4) is 0 Å². The van der Waals surface area contributed by atoms with Gasteiger partial charge in [0.2, 0.25) is 5.91 Å². The molecule has 0 aliphatic rings. The average molecular weight is 255 g/mol. The molecule has 5 heteroatoms. The first-order chi connectivity index (χ1) is 8.61. The van der Waals surface area contributed by atoms with E-state index in [-0.39, 0.29) is 5.91 Å². The lowest BCUT2D eigenvalue weighted by Crippen LogP contribution is -2.40. The summed E-state index contributed by atoms with van der Waals surface area (Å²) in [4.78, 5) is 22.4. The van der Waals surface area contributed by atoms with Gasteiger partial charge in [-0.25, -0.2) is 4.79 Å². The van der Waals surface area contributed by atoms with Crippen molar-refractivity contribution in [3.63, 3.8) is 0 Å². The Hall–Kier alpha value is -1.54. The van der Waals surface area contributed by atoms with E-state index < -0.39 is 12.0 Å². The van der Waals surface area contributed by atoms with Gasteiger partial charge in [-0.2, -0.15) is 0 Å². The van der Waals surface area contributed by atoms with E-state index >= 15 is 0 Å². The number of carboxylic acids is 1. The Balaban J connectivity index is 3.89. The Morgan fingerprint density at radius 2 is 2.11 bits per heavy atom. The Morgan fingerprint density at radius 3 is 2.67 bits per heavy atom. The van der Waals surface area contributed by atoms with Gasteiger partial charge in [0.25, 0.3) is 0 Å². The van der Waals surface area contributed by atoms with E-state index in [1.165, 1.54) is 0 Å². The minimum atomic E-state index is -1.01. The van der Waals surface area contributed by atoms with Crippen molar-refractivity contribution in [2.45, 2.75) is 44.6 Å². The van der Waals surface area contributed by atoms with Crippen molar-refractivity contribution in [1.29, 1.82) is 0 Å². The summed E-state index contributed by atoms with van der Waals surface area (Å²) < 4.78 is 4.84. The summed E-state index contributed by atoms with van der Waals surface area (Å²) in [7, 11) is 1.56. The zero-order valence-electron chi connectivity index (χ0n) is 10.8. The maximum Gasteiger partial charge on any atom is 0.326 e. The number of carbonyl (C=O) groups excluding carboxylic acids is 1. The molecule has 0 aromatic carbocycles. The predicted molar refractivity (Wildman–Crippen MR) is 68.0 cm³/mol. The summed E-state index contributed by atoms with van der Waals surface area (Å²) in [6.45, 7) is 0.488. The second kappa shape index (κ2) is 10.6. The monoisotopic (exact) mass is 255 g/mol. The lowest BCUT2D eigenvalue weighted by Gasteiger charge is -2.14. The molecule has 18 heavy (non-hydrogen) atoms. The number of rotatable bonds is 10. The van der Waals surface area contributed by atoms with Gasteiger partial charge in [-0.1, -0.05) is 0 Å². The maximum absolute atomic E-state index is 11.5. The van der Waals surface area contributed by atoms with Gasteiger partial charge in [0.05, 0.1) is 0 Å². The summed E-state index contributed by atoms with van der Waals surface area (Å²) in [6, 6.07) is -0.833. The predicted octanol–water partition coefficient (Wildman–Crippen LogP) is 1.18. The number of hydrogen-bond acceptors (Lipinski definition) is 3. The number of methoxy groups -OCH3 is 1. The third-order valence-corrected chi connectivity index (χ3v) is 2.45. The molecule has 0 radical (unpaired) electrons. The number of unbranched alkanes of at least 4 members (excludes halogenated alkanes) is 2. The van der Waals surface area contributed by atoms with E-state index in [0.29, 0.717) is 38.7 Å². The van der Waals surface area contributed by atoms with Crippen LogP contribution in [-0.2, 0) is 14.3 Å². The highest BCUT2D eigenvalue weighted by Gasteiger charge is 2.18. The van der Waals surface area contributed by atoms with Crippen molar-refractivity contribution in [2.24, 2.45) is 0 Å². The first-order valence-corrected chi connectivity index (χ1v) is 6.06. The Morgan fingerprint density at radius 1 is 1.39 bits per heavy atom. The molecule has 0 bridgehead atoms. The molecule has 102 valence electrons. The lowest BCUT2D eigenvalue weighted by atomic mass is 10.1. The second-order valence-corrected chi connectivity index (χ2v) is 4.00. The van der Waals surface area contributed by atoms with Crippen LogP contribution in [0, 0.1) is 12.3 Å². The van der Waals surface area contributed by atoms with Crippen molar-refractivity contribution in [2.75, 3.05) is 13.7 Å². The van der Waals surface area contributed by atoms with Gasteiger partial charge in [-0.05, 0) is 25.7 Å². The molecule has 1 unspecified atom stereocenters. The summed E-state index contributed by atoms with van der Waals surface area (Å²) >= 11 is 0. The smallest absolute Gasteiger partial charge is 0.326 e. The molecule has 0 fully saturated rings. The molecule has 0 aromatic rings. The number of terminal acetylenes is 1. The maximum atomic E-state index is 11.5. The molecule has 5 nitrogen and oxygen atoms in total. The Labute approximate surface area is 108 Å². The summed E-state index contributed by atoms with van der Waals surface area (Å²) in [6.07, 6.45) is 8.49. The number of ether oxygens (including phenoxy) is 1. The highest BCUT2D eigenvalue weighted by molar-refractivity contribution is 5.83. The topological polar surface area (TPSA) is 75.6 Å². The molecule has 0 spiro atoms. The van der Waals surface area contributed by atoms with Crippen LogP contribution in [0.1, 0.15) is 38.5 Å². The first kappa shape index (κ1) is 16.5. The van der Waals surface area contributed by atoms with Crippen LogP contribution in [0.2, 0.25) is 0 Å². The fourth-order valence-electron chi connectivity index (χ4n) is 1.47. The number of carboxylic acid groups (broad SMARTS) is 1. The summed E-state index contributed by atoms with van der Waals surface area (Å²) in [5.41, 5.74) is 0. The lowest BCUT2D eigenvalue weighted by molar-refractivity contribution is -0.142. The number of hydrogen-bond donors (Lipinski definition) is 2. The number of carbonyl (C=O) groups is 2. The van der Waals surface area contributed by atoms with Crippen LogP contribution in [0.4, 0.5) is 0 Å². The zero-order valence-corrected chi connectivity index (χ0v) is 10.8.